The van der Waals surface area contributed by atoms with E-state index in [2.05, 4.69) is 25.7 Å². The molecular weight excluding hydrogens is 174 g/mol. The molecule has 1 rings (SSSR count). The van der Waals surface area contributed by atoms with Gasteiger partial charge in [0, 0.05) is 18.6 Å². The van der Waals surface area contributed by atoms with Gasteiger partial charge in [0.1, 0.15) is 0 Å². The van der Waals surface area contributed by atoms with Crippen LogP contribution in [0.1, 0.15) is 33.1 Å². The Morgan fingerprint density at radius 3 is 2.93 bits per heavy atom. The highest BCUT2D eigenvalue weighted by Crippen LogP contribution is 2.27. The van der Waals surface area contributed by atoms with E-state index >= 15 is 0 Å². The van der Waals surface area contributed by atoms with Crippen LogP contribution in [0.25, 0.3) is 0 Å². The number of nitrogens with one attached hydrogen (secondary N) is 1. The van der Waals surface area contributed by atoms with Crippen molar-refractivity contribution in [1.82, 2.24) is 5.32 Å². The van der Waals surface area contributed by atoms with Gasteiger partial charge in [-0.05, 0) is 25.8 Å². The van der Waals surface area contributed by atoms with Crippen molar-refractivity contribution in [2.75, 3.05) is 13.2 Å². The first-order chi connectivity index (χ1) is 6.83. The summed E-state index contributed by atoms with van der Waals surface area (Å²) < 4.78 is 5.71. The molecule has 3 atom stereocenters. The van der Waals surface area contributed by atoms with Crippen LogP contribution in [0.2, 0.25) is 0 Å². The van der Waals surface area contributed by atoms with E-state index in [4.69, 9.17) is 4.74 Å². The van der Waals surface area contributed by atoms with Crippen molar-refractivity contribution in [2.45, 2.75) is 45.3 Å². The van der Waals surface area contributed by atoms with Crippen molar-refractivity contribution in [3.63, 3.8) is 0 Å². The maximum absolute atomic E-state index is 5.71. The third-order valence-electron chi connectivity index (χ3n) is 3.07. The first kappa shape index (κ1) is 11.7. The molecule has 14 heavy (non-hydrogen) atoms. The second-order valence-electron chi connectivity index (χ2n) is 3.96. The van der Waals surface area contributed by atoms with Crippen molar-refractivity contribution in [2.24, 2.45) is 5.92 Å². The monoisotopic (exact) mass is 197 g/mol. The van der Waals surface area contributed by atoms with Gasteiger partial charge in [0.2, 0.25) is 0 Å². The van der Waals surface area contributed by atoms with Crippen LogP contribution >= 0.6 is 0 Å². The summed E-state index contributed by atoms with van der Waals surface area (Å²) in [4.78, 5) is 0. The fourth-order valence-corrected chi connectivity index (χ4v) is 2.40. The molecule has 3 unspecified atom stereocenters. The summed E-state index contributed by atoms with van der Waals surface area (Å²) in [6.07, 6.45) is 5.85. The minimum atomic E-state index is 0.457. The number of hydrogen-bond acceptors (Lipinski definition) is 2. The highest BCUT2D eigenvalue weighted by atomic mass is 16.5. The summed E-state index contributed by atoms with van der Waals surface area (Å²) in [6.45, 7) is 10.2. The van der Waals surface area contributed by atoms with Crippen LogP contribution < -0.4 is 5.32 Å². The first-order valence-corrected chi connectivity index (χ1v) is 5.79. The summed E-state index contributed by atoms with van der Waals surface area (Å²) in [5.74, 6) is 0.679. The van der Waals surface area contributed by atoms with Crippen molar-refractivity contribution < 1.29 is 4.74 Å². The van der Waals surface area contributed by atoms with E-state index in [9.17, 15) is 0 Å². The highest BCUT2D eigenvalue weighted by Gasteiger charge is 2.32. The average Bonchev–Trinajstić information content (AvgIpc) is 2.65. The Balaban J connectivity index is 2.51. The molecule has 1 saturated heterocycles. The van der Waals surface area contributed by atoms with Gasteiger partial charge in [-0.1, -0.05) is 19.9 Å². The van der Waals surface area contributed by atoms with Gasteiger partial charge in [-0.15, -0.1) is 6.58 Å². The maximum Gasteiger partial charge on any atom is 0.0616 e. The molecule has 0 radical (unpaired) electrons. The molecule has 1 aliphatic heterocycles. The topological polar surface area (TPSA) is 21.3 Å². The molecule has 0 aliphatic carbocycles. The SMILES string of the molecule is C=CCC(NCC)C1CCOC1CC. The third-order valence-corrected chi connectivity index (χ3v) is 3.07. The van der Waals surface area contributed by atoms with E-state index < -0.39 is 0 Å². The van der Waals surface area contributed by atoms with Gasteiger partial charge < -0.3 is 10.1 Å². The van der Waals surface area contributed by atoms with Gasteiger partial charge in [0.05, 0.1) is 6.10 Å². The lowest BCUT2D eigenvalue weighted by Gasteiger charge is -2.26. The molecule has 0 saturated carbocycles. The first-order valence-electron chi connectivity index (χ1n) is 5.79. The zero-order valence-electron chi connectivity index (χ0n) is 9.46. The molecule has 2 nitrogen and oxygen atoms in total. The zero-order valence-corrected chi connectivity index (χ0v) is 9.46. The lowest BCUT2D eigenvalue weighted by atomic mass is 9.89. The normalized spacial score (nSPS) is 29.0. The highest BCUT2D eigenvalue weighted by molar-refractivity contribution is 4.89. The molecule has 1 N–H and O–H groups in total. The van der Waals surface area contributed by atoms with Gasteiger partial charge in [-0.2, -0.15) is 0 Å². The van der Waals surface area contributed by atoms with Crippen LogP contribution in [0.15, 0.2) is 12.7 Å². The minimum absolute atomic E-state index is 0.457. The van der Waals surface area contributed by atoms with Gasteiger partial charge >= 0.3 is 0 Å². The Bertz CT molecular complexity index is 170. The predicted octanol–water partition coefficient (Wildman–Crippen LogP) is 2.36. The lowest BCUT2D eigenvalue weighted by Crippen LogP contribution is -2.39. The van der Waals surface area contributed by atoms with Crippen LogP contribution in [0, 0.1) is 5.92 Å². The third kappa shape index (κ3) is 2.82. The summed E-state index contributed by atoms with van der Waals surface area (Å²) in [5.41, 5.74) is 0. The molecule has 0 bridgehead atoms. The van der Waals surface area contributed by atoms with Crippen LogP contribution in [-0.2, 0) is 4.74 Å². The van der Waals surface area contributed by atoms with Crippen molar-refractivity contribution >= 4 is 0 Å². The standard InChI is InChI=1S/C12H23NO/c1-4-7-11(13-6-3)10-8-9-14-12(10)5-2/h4,10-13H,1,5-9H2,2-3H3. The number of rotatable bonds is 6. The molecule has 0 aromatic rings. The molecule has 0 aromatic carbocycles. The van der Waals surface area contributed by atoms with E-state index in [-0.39, 0.29) is 0 Å². The molecule has 2 heteroatoms. The fraction of sp³-hybridized carbons (Fsp3) is 0.833. The number of hydrogen-bond donors (Lipinski definition) is 1. The van der Waals surface area contributed by atoms with Gasteiger partial charge in [0.15, 0.2) is 0 Å². The second kappa shape index (κ2) is 6.20. The summed E-state index contributed by atoms with van der Waals surface area (Å²) in [6, 6.07) is 0.560. The minimum Gasteiger partial charge on any atom is -0.378 e. The Hall–Kier alpha value is -0.340. The molecular formula is C12H23NO. The van der Waals surface area contributed by atoms with E-state index in [1.807, 2.05) is 6.08 Å². The molecule has 1 aliphatic rings. The molecule has 0 aromatic heterocycles. The second-order valence-corrected chi connectivity index (χ2v) is 3.96. The lowest BCUT2D eigenvalue weighted by molar-refractivity contribution is 0.0779. The van der Waals surface area contributed by atoms with Crippen molar-refractivity contribution in [3.05, 3.63) is 12.7 Å². The molecule has 0 amide bonds. The summed E-state index contributed by atoms with van der Waals surface area (Å²) in [7, 11) is 0. The van der Waals surface area contributed by atoms with Gasteiger partial charge in [-0.3, -0.25) is 0 Å². The van der Waals surface area contributed by atoms with Crippen LogP contribution in [-0.4, -0.2) is 25.3 Å². The van der Waals surface area contributed by atoms with Gasteiger partial charge in [0.25, 0.3) is 0 Å². The Kier molecular flexibility index (Phi) is 5.20. The van der Waals surface area contributed by atoms with Crippen LogP contribution in [0.3, 0.4) is 0 Å². The van der Waals surface area contributed by atoms with Crippen LogP contribution in [0.5, 0.6) is 0 Å². The zero-order chi connectivity index (χ0) is 10.4. The molecule has 1 fully saturated rings. The van der Waals surface area contributed by atoms with Crippen LogP contribution in [0.4, 0.5) is 0 Å². The largest absolute Gasteiger partial charge is 0.378 e. The summed E-state index contributed by atoms with van der Waals surface area (Å²) >= 11 is 0. The van der Waals surface area contributed by atoms with Crippen molar-refractivity contribution in [3.8, 4) is 0 Å². The smallest absolute Gasteiger partial charge is 0.0616 e. The maximum atomic E-state index is 5.71. The predicted molar refractivity (Wildman–Crippen MR) is 60.4 cm³/mol. The Morgan fingerprint density at radius 2 is 2.36 bits per heavy atom. The quantitative estimate of drug-likeness (QED) is 0.660. The molecule has 0 spiro atoms. The number of ether oxygens (including phenoxy) is 1. The molecule has 82 valence electrons. The van der Waals surface area contributed by atoms with E-state index in [0.717, 1.165) is 26.0 Å². The Labute approximate surface area is 87.7 Å². The van der Waals surface area contributed by atoms with Crippen molar-refractivity contribution in [1.29, 1.82) is 0 Å². The Morgan fingerprint density at radius 1 is 1.57 bits per heavy atom. The summed E-state index contributed by atoms with van der Waals surface area (Å²) in [5, 5.41) is 3.54. The van der Waals surface area contributed by atoms with Gasteiger partial charge in [-0.25, -0.2) is 0 Å². The van der Waals surface area contributed by atoms with E-state index in [0.29, 0.717) is 18.1 Å². The molecule has 1 heterocycles. The average molecular weight is 197 g/mol. The fourth-order valence-electron chi connectivity index (χ4n) is 2.40. The van der Waals surface area contributed by atoms with E-state index in [1.54, 1.807) is 0 Å². The van der Waals surface area contributed by atoms with E-state index in [1.165, 1.54) is 6.42 Å².